The van der Waals surface area contributed by atoms with Crippen LogP contribution in [0.4, 0.5) is 18.9 Å². The van der Waals surface area contributed by atoms with E-state index >= 15 is 0 Å². The van der Waals surface area contributed by atoms with E-state index in [1.54, 1.807) is 12.4 Å². The molecule has 0 radical (unpaired) electrons. The Hall–Kier alpha value is -4.40. The molecule has 216 valence electrons. The summed E-state index contributed by atoms with van der Waals surface area (Å²) in [5, 5.41) is 2.57. The maximum Gasteiger partial charge on any atom is 0.416 e. The van der Waals surface area contributed by atoms with E-state index in [2.05, 4.69) is 42.0 Å². The van der Waals surface area contributed by atoms with Gasteiger partial charge in [0.25, 0.3) is 5.91 Å². The molecule has 0 unspecified atom stereocenters. The number of hydrogen-bond donors (Lipinski definition) is 1. The number of aryl methyl sites for hydroxylation is 2. The number of carbonyl (C=O) groups is 1. The third kappa shape index (κ3) is 6.56. The molecular weight excluding hydrogens is 543 g/mol. The average Bonchev–Trinajstić information content (AvgIpc) is 3.42. The summed E-state index contributed by atoms with van der Waals surface area (Å²) in [5.41, 5.74) is 3.48. The monoisotopic (exact) mass is 573 g/mol. The predicted molar refractivity (Wildman–Crippen MR) is 154 cm³/mol. The van der Waals surface area contributed by atoms with Gasteiger partial charge in [0.15, 0.2) is 0 Å². The molecule has 1 aliphatic heterocycles. The van der Waals surface area contributed by atoms with Gasteiger partial charge in [-0.2, -0.15) is 13.2 Å². The molecule has 8 nitrogen and oxygen atoms in total. The number of hydrogen-bond acceptors (Lipinski definition) is 7. The Morgan fingerprint density at radius 3 is 2.55 bits per heavy atom. The summed E-state index contributed by atoms with van der Waals surface area (Å²) in [4.78, 5) is 34.5. The normalized spacial score (nSPS) is 15.6. The minimum atomic E-state index is -4.56. The molecule has 1 fully saturated rings. The SMILES string of the molecule is Cc1nc2cncc(C#Cc3cncc(C(=O)Nc4ccc(CN5CC[C@@H](N(C)C)C5)c(C(F)(F)F)c4)c3)c2nc1C. The second-order valence-corrected chi connectivity index (χ2v) is 10.6. The fourth-order valence-corrected chi connectivity index (χ4v) is 4.89. The Labute approximate surface area is 242 Å². The zero-order valence-electron chi connectivity index (χ0n) is 23.8. The fourth-order valence-electron chi connectivity index (χ4n) is 4.89. The Kier molecular flexibility index (Phi) is 8.20. The van der Waals surface area contributed by atoms with Gasteiger partial charge in [0, 0.05) is 55.5 Å². The summed E-state index contributed by atoms with van der Waals surface area (Å²) in [7, 11) is 3.95. The van der Waals surface area contributed by atoms with Gasteiger partial charge in [0.1, 0.15) is 11.0 Å². The molecule has 1 aliphatic rings. The minimum Gasteiger partial charge on any atom is -0.322 e. The van der Waals surface area contributed by atoms with Crippen LogP contribution in [0.25, 0.3) is 11.0 Å². The van der Waals surface area contributed by atoms with Gasteiger partial charge in [0.05, 0.1) is 34.3 Å². The molecule has 4 heterocycles. The predicted octanol–water partition coefficient (Wildman–Crippen LogP) is 4.84. The van der Waals surface area contributed by atoms with Crippen molar-refractivity contribution in [1.82, 2.24) is 29.7 Å². The number of likely N-dealkylation sites (N-methyl/N-ethyl adjacent to an activating group) is 1. The number of amides is 1. The van der Waals surface area contributed by atoms with Crippen LogP contribution in [0.15, 0.2) is 49.1 Å². The van der Waals surface area contributed by atoms with E-state index < -0.39 is 17.6 Å². The largest absolute Gasteiger partial charge is 0.416 e. The van der Waals surface area contributed by atoms with Gasteiger partial charge in [-0.1, -0.05) is 17.9 Å². The highest BCUT2D eigenvalue weighted by Gasteiger charge is 2.35. The van der Waals surface area contributed by atoms with Crippen LogP contribution in [0.2, 0.25) is 0 Å². The number of fused-ring (bicyclic) bond motifs is 1. The molecule has 0 saturated carbocycles. The van der Waals surface area contributed by atoms with E-state index in [0.717, 1.165) is 30.4 Å². The van der Waals surface area contributed by atoms with Crippen molar-refractivity contribution in [2.45, 2.75) is 39.0 Å². The minimum absolute atomic E-state index is 0.0474. The van der Waals surface area contributed by atoms with Crippen LogP contribution in [0.3, 0.4) is 0 Å². The molecule has 1 saturated heterocycles. The number of halogens is 3. The first-order valence-corrected chi connectivity index (χ1v) is 13.4. The zero-order chi connectivity index (χ0) is 30.0. The Bertz CT molecular complexity index is 1710. The van der Waals surface area contributed by atoms with Gasteiger partial charge in [0.2, 0.25) is 0 Å². The van der Waals surface area contributed by atoms with E-state index in [4.69, 9.17) is 0 Å². The van der Waals surface area contributed by atoms with E-state index in [1.807, 2.05) is 32.8 Å². The van der Waals surface area contributed by atoms with Crippen LogP contribution in [-0.2, 0) is 12.7 Å². The van der Waals surface area contributed by atoms with Crippen molar-refractivity contribution in [1.29, 1.82) is 0 Å². The van der Waals surface area contributed by atoms with Crippen molar-refractivity contribution in [2.24, 2.45) is 0 Å². The molecular formula is C31H30F3N7O. The number of likely N-dealkylation sites (tertiary alicyclic amines) is 1. The molecule has 11 heteroatoms. The number of rotatable bonds is 5. The fraction of sp³-hybridized carbons (Fsp3) is 0.323. The summed E-state index contributed by atoms with van der Waals surface area (Å²) >= 11 is 0. The Morgan fingerprint density at radius 1 is 1.05 bits per heavy atom. The molecule has 1 aromatic carbocycles. The number of benzene rings is 1. The molecule has 1 atom stereocenters. The van der Waals surface area contributed by atoms with Crippen LogP contribution in [0.5, 0.6) is 0 Å². The number of alkyl halides is 3. The second-order valence-electron chi connectivity index (χ2n) is 10.6. The molecule has 42 heavy (non-hydrogen) atoms. The van der Waals surface area contributed by atoms with Crippen LogP contribution < -0.4 is 5.32 Å². The molecule has 1 amide bonds. The molecule has 3 aromatic heterocycles. The van der Waals surface area contributed by atoms with E-state index in [9.17, 15) is 18.0 Å². The topological polar surface area (TPSA) is 87.1 Å². The highest BCUT2D eigenvalue weighted by Crippen LogP contribution is 2.35. The highest BCUT2D eigenvalue weighted by atomic mass is 19.4. The lowest BCUT2D eigenvalue weighted by molar-refractivity contribution is -0.138. The van der Waals surface area contributed by atoms with Crippen LogP contribution >= 0.6 is 0 Å². The van der Waals surface area contributed by atoms with Gasteiger partial charge in [-0.3, -0.25) is 19.7 Å². The van der Waals surface area contributed by atoms with Crippen LogP contribution in [-0.4, -0.2) is 68.9 Å². The number of anilines is 1. The lowest BCUT2D eigenvalue weighted by Crippen LogP contribution is -2.31. The first-order chi connectivity index (χ1) is 20.0. The molecule has 1 N–H and O–H groups in total. The van der Waals surface area contributed by atoms with Crippen molar-refractivity contribution in [2.75, 3.05) is 32.5 Å². The number of aromatic nitrogens is 4. The van der Waals surface area contributed by atoms with E-state index in [0.29, 0.717) is 34.7 Å². The van der Waals surface area contributed by atoms with Crippen molar-refractivity contribution in [3.05, 3.63) is 88.3 Å². The third-order valence-electron chi connectivity index (χ3n) is 7.38. The quantitative estimate of drug-likeness (QED) is 0.342. The number of pyridine rings is 2. The second kappa shape index (κ2) is 11.8. The van der Waals surface area contributed by atoms with E-state index in [-0.39, 0.29) is 23.4 Å². The molecule has 0 aliphatic carbocycles. The van der Waals surface area contributed by atoms with Crippen LogP contribution in [0.1, 0.15) is 50.4 Å². The third-order valence-corrected chi connectivity index (χ3v) is 7.38. The van der Waals surface area contributed by atoms with Gasteiger partial charge < -0.3 is 10.2 Å². The van der Waals surface area contributed by atoms with E-state index in [1.165, 1.54) is 30.6 Å². The molecule has 5 rings (SSSR count). The zero-order valence-corrected chi connectivity index (χ0v) is 23.8. The summed E-state index contributed by atoms with van der Waals surface area (Å²) in [6.45, 7) is 5.36. The van der Waals surface area contributed by atoms with Crippen LogP contribution in [0, 0.1) is 25.7 Å². The number of nitrogens with zero attached hydrogens (tertiary/aromatic N) is 6. The van der Waals surface area contributed by atoms with Gasteiger partial charge in [-0.25, -0.2) is 9.97 Å². The van der Waals surface area contributed by atoms with Gasteiger partial charge in [-0.15, -0.1) is 0 Å². The Morgan fingerprint density at radius 2 is 1.81 bits per heavy atom. The summed E-state index contributed by atoms with van der Waals surface area (Å²) in [6.07, 6.45) is 2.40. The highest BCUT2D eigenvalue weighted by molar-refractivity contribution is 6.04. The first kappa shape index (κ1) is 29.1. The Balaban J connectivity index is 1.34. The summed E-state index contributed by atoms with van der Waals surface area (Å²) in [6, 6.07) is 5.77. The van der Waals surface area contributed by atoms with Crippen molar-refractivity contribution >= 4 is 22.6 Å². The lowest BCUT2D eigenvalue weighted by Gasteiger charge is -2.22. The molecule has 4 aromatic rings. The number of carbonyl (C=O) groups excluding carboxylic acids is 1. The standard InChI is InChI=1S/C31H30F3N7O/c1-19-20(2)38-29-22(14-36-16-28(29)37-19)6-5-21-11-24(15-35-13-21)30(42)39-25-8-7-23(27(12-25)31(32,33)34)17-41-10-9-26(18-41)40(3)4/h7-8,11-16,26H,9-10,17-18H2,1-4H3,(H,39,42)/t26-/m1/s1. The van der Waals surface area contributed by atoms with Gasteiger partial charge in [-0.05, 0) is 58.1 Å². The van der Waals surface area contributed by atoms with Crippen molar-refractivity contribution < 1.29 is 18.0 Å². The van der Waals surface area contributed by atoms with Crippen molar-refractivity contribution in [3.8, 4) is 11.8 Å². The summed E-state index contributed by atoms with van der Waals surface area (Å²) < 4.78 is 42.0. The average molecular weight is 574 g/mol. The smallest absolute Gasteiger partial charge is 0.322 e. The first-order valence-electron chi connectivity index (χ1n) is 13.4. The maximum atomic E-state index is 14.0. The maximum absolute atomic E-state index is 14.0. The molecule has 0 bridgehead atoms. The van der Waals surface area contributed by atoms with Crippen molar-refractivity contribution in [3.63, 3.8) is 0 Å². The summed E-state index contributed by atoms with van der Waals surface area (Å²) in [5.74, 6) is 5.39. The number of nitrogens with one attached hydrogen (secondary N) is 1. The lowest BCUT2D eigenvalue weighted by atomic mass is 10.0. The van der Waals surface area contributed by atoms with Gasteiger partial charge >= 0.3 is 6.18 Å². The molecule has 0 spiro atoms.